The van der Waals surface area contributed by atoms with E-state index in [-0.39, 0.29) is 5.91 Å². The number of carbonyl (C=O) groups excluding carboxylic acids is 1. The van der Waals surface area contributed by atoms with Gasteiger partial charge >= 0.3 is 0 Å². The summed E-state index contributed by atoms with van der Waals surface area (Å²) in [7, 11) is 0. The van der Waals surface area contributed by atoms with E-state index in [0.717, 1.165) is 12.8 Å². The Morgan fingerprint density at radius 3 is 2.40 bits per heavy atom. The molecule has 0 radical (unpaired) electrons. The summed E-state index contributed by atoms with van der Waals surface area (Å²) in [5, 5.41) is 3.23. The molecule has 1 N–H and O–H groups in total. The Bertz CT molecular complexity index is 257. The van der Waals surface area contributed by atoms with Gasteiger partial charge in [0, 0.05) is 17.3 Å². The first-order valence-corrected chi connectivity index (χ1v) is 9.59. The first-order valence-electron chi connectivity index (χ1n) is 8.67. The van der Waals surface area contributed by atoms with Gasteiger partial charge in [0.2, 0.25) is 5.91 Å². The fourth-order valence-electron chi connectivity index (χ4n) is 2.95. The molecule has 0 spiro atoms. The molecule has 0 aromatic rings. The molecule has 1 saturated carbocycles. The van der Waals surface area contributed by atoms with Crippen LogP contribution in [-0.4, -0.2) is 16.8 Å². The van der Waals surface area contributed by atoms with E-state index in [4.69, 9.17) is 0 Å². The van der Waals surface area contributed by atoms with E-state index < -0.39 is 0 Å². The van der Waals surface area contributed by atoms with Crippen molar-refractivity contribution in [3.63, 3.8) is 0 Å². The molecular formula is C17H32BrNO. The van der Waals surface area contributed by atoms with E-state index in [9.17, 15) is 4.79 Å². The van der Waals surface area contributed by atoms with Crippen LogP contribution in [0.1, 0.15) is 90.4 Å². The van der Waals surface area contributed by atoms with Gasteiger partial charge in [0.1, 0.15) is 0 Å². The standard InChI is InChI=1S/C17H32BrNO/c1-2-3-4-5-6-7-11-14-17(20)19-16-13-10-8-9-12-15(16)18/h15-16H,2-14H2,1H3,(H,19,20). The zero-order chi connectivity index (χ0) is 14.6. The van der Waals surface area contributed by atoms with Crippen LogP contribution >= 0.6 is 15.9 Å². The molecule has 3 heteroatoms. The summed E-state index contributed by atoms with van der Waals surface area (Å²) in [5.41, 5.74) is 0. The van der Waals surface area contributed by atoms with E-state index >= 15 is 0 Å². The van der Waals surface area contributed by atoms with Gasteiger partial charge in [0.05, 0.1) is 0 Å². The van der Waals surface area contributed by atoms with Crippen molar-refractivity contribution < 1.29 is 4.79 Å². The molecule has 0 aliphatic heterocycles. The van der Waals surface area contributed by atoms with E-state index in [1.807, 2.05) is 0 Å². The Kier molecular flexibility index (Phi) is 10.4. The second kappa shape index (κ2) is 11.6. The molecule has 0 aromatic carbocycles. The third-order valence-corrected chi connectivity index (χ3v) is 5.38. The SMILES string of the molecule is CCCCCCCCCC(=O)NC1CCCCCC1Br. The number of alkyl halides is 1. The van der Waals surface area contributed by atoms with Crippen LogP contribution < -0.4 is 5.32 Å². The lowest BCUT2D eigenvalue weighted by Gasteiger charge is -2.21. The highest BCUT2D eigenvalue weighted by Crippen LogP contribution is 2.23. The van der Waals surface area contributed by atoms with Crippen LogP contribution in [0.25, 0.3) is 0 Å². The average Bonchev–Trinajstić information content (AvgIpc) is 2.63. The van der Waals surface area contributed by atoms with Crippen LogP contribution in [0, 0.1) is 0 Å². The predicted molar refractivity (Wildman–Crippen MR) is 90.3 cm³/mol. The smallest absolute Gasteiger partial charge is 0.220 e. The minimum absolute atomic E-state index is 0.259. The first-order chi connectivity index (χ1) is 9.74. The zero-order valence-electron chi connectivity index (χ0n) is 13.1. The van der Waals surface area contributed by atoms with Gasteiger partial charge in [0.25, 0.3) is 0 Å². The highest BCUT2D eigenvalue weighted by molar-refractivity contribution is 9.09. The molecule has 2 atom stereocenters. The first kappa shape index (κ1) is 18.0. The average molecular weight is 346 g/mol. The Labute approximate surface area is 133 Å². The number of rotatable bonds is 9. The van der Waals surface area contributed by atoms with Gasteiger partial charge in [-0.05, 0) is 19.3 Å². The summed E-state index contributed by atoms with van der Waals surface area (Å²) < 4.78 is 0. The van der Waals surface area contributed by atoms with Crippen LogP contribution in [-0.2, 0) is 4.79 Å². The highest BCUT2D eigenvalue weighted by Gasteiger charge is 2.22. The van der Waals surface area contributed by atoms with Gasteiger partial charge < -0.3 is 5.32 Å². The lowest BCUT2D eigenvalue weighted by Crippen LogP contribution is -2.40. The summed E-state index contributed by atoms with van der Waals surface area (Å²) in [4.78, 5) is 12.4. The van der Waals surface area contributed by atoms with Gasteiger partial charge in [-0.25, -0.2) is 0 Å². The van der Waals surface area contributed by atoms with E-state index in [0.29, 0.717) is 17.3 Å². The van der Waals surface area contributed by atoms with Crippen molar-refractivity contribution >= 4 is 21.8 Å². The van der Waals surface area contributed by atoms with Gasteiger partial charge in [-0.3, -0.25) is 4.79 Å². The molecule has 1 fully saturated rings. The zero-order valence-corrected chi connectivity index (χ0v) is 14.7. The molecule has 0 saturated heterocycles. The molecule has 118 valence electrons. The minimum atomic E-state index is 0.259. The van der Waals surface area contributed by atoms with Crippen LogP contribution in [0.4, 0.5) is 0 Å². The summed E-state index contributed by atoms with van der Waals surface area (Å²) in [6, 6.07) is 0.356. The maximum absolute atomic E-state index is 12.0. The van der Waals surface area contributed by atoms with Crippen LogP contribution in [0.2, 0.25) is 0 Å². The van der Waals surface area contributed by atoms with Crippen molar-refractivity contribution in [2.24, 2.45) is 0 Å². The molecule has 20 heavy (non-hydrogen) atoms. The maximum atomic E-state index is 12.0. The van der Waals surface area contributed by atoms with Gasteiger partial charge in [-0.2, -0.15) is 0 Å². The molecule has 1 amide bonds. The Hall–Kier alpha value is -0.0500. The Morgan fingerprint density at radius 2 is 1.65 bits per heavy atom. The fourth-order valence-corrected chi connectivity index (χ4v) is 3.67. The molecular weight excluding hydrogens is 314 g/mol. The summed E-state index contributed by atoms with van der Waals surface area (Å²) in [6.45, 7) is 2.25. The van der Waals surface area contributed by atoms with Crippen molar-refractivity contribution in [3.05, 3.63) is 0 Å². The quantitative estimate of drug-likeness (QED) is 0.341. The molecule has 0 heterocycles. The van der Waals surface area contributed by atoms with Gasteiger partial charge in [-0.1, -0.05) is 80.6 Å². The normalized spacial score (nSPS) is 23.3. The Balaban J connectivity index is 2.04. The third-order valence-electron chi connectivity index (χ3n) is 4.29. The molecule has 2 unspecified atom stereocenters. The van der Waals surface area contributed by atoms with E-state index in [1.54, 1.807) is 0 Å². The number of unbranched alkanes of at least 4 members (excludes halogenated alkanes) is 6. The summed E-state index contributed by atoms with van der Waals surface area (Å²) >= 11 is 3.74. The molecule has 1 aliphatic carbocycles. The number of halogens is 1. The molecule has 2 nitrogen and oxygen atoms in total. The number of amides is 1. The maximum Gasteiger partial charge on any atom is 0.220 e. The topological polar surface area (TPSA) is 29.1 Å². The predicted octanol–water partition coefficient (Wildman–Crippen LogP) is 5.34. The Morgan fingerprint density at radius 1 is 1.00 bits per heavy atom. The minimum Gasteiger partial charge on any atom is -0.352 e. The van der Waals surface area contributed by atoms with Crippen LogP contribution in [0.15, 0.2) is 0 Å². The van der Waals surface area contributed by atoms with Crippen molar-refractivity contribution in [1.29, 1.82) is 0 Å². The van der Waals surface area contributed by atoms with Gasteiger partial charge in [0.15, 0.2) is 0 Å². The lowest BCUT2D eigenvalue weighted by atomic mass is 10.1. The van der Waals surface area contributed by atoms with Crippen molar-refractivity contribution in [1.82, 2.24) is 5.32 Å². The largest absolute Gasteiger partial charge is 0.352 e. The second-order valence-corrected chi connectivity index (χ2v) is 7.38. The fraction of sp³-hybridized carbons (Fsp3) is 0.941. The molecule has 1 rings (SSSR count). The van der Waals surface area contributed by atoms with Crippen LogP contribution in [0.5, 0.6) is 0 Å². The highest BCUT2D eigenvalue weighted by atomic mass is 79.9. The third kappa shape index (κ3) is 8.28. The van der Waals surface area contributed by atoms with Crippen molar-refractivity contribution in [2.75, 3.05) is 0 Å². The van der Waals surface area contributed by atoms with Crippen LogP contribution in [0.3, 0.4) is 0 Å². The number of nitrogens with one attached hydrogen (secondary N) is 1. The number of hydrogen-bond acceptors (Lipinski definition) is 1. The number of carbonyl (C=O) groups is 1. The van der Waals surface area contributed by atoms with E-state index in [2.05, 4.69) is 28.2 Å². The molecule has 1 aliphatic rings. The summed E-state index contributed by atoms with van der Waals surface area (Å²) in [6.07, 6.45) is 15.8. The van der Waals surface area contributed by atoms with Crippen molar-refractivity contribution in [3.8, 4) is 0 Å². The lowest BCUT2D eigenvalue weighted by molar-refractivity contribution is -0.121. The van der Waals surface area contributed by atoms with Gasteiger partial charge in [-0.15, -0.1) is 0 Å². The van der Waals surface area contributed by atoms with Crippen molar-refractivity contribution in [2.45, 2.75) is 101 Å². The monoisotopic (exact) mass is 345 g/mol. The second-order valence-electron chi connectivity index (χ2n) is 6.20. The molecule has 0 bridgehead atoms. The number of hydrogen-bond donors (Lipinski definition) is 1. The molecule has 0 aromatic heterocycles. The van der Waals surface area contributed by atoms with E-state index in [1.165, 1.54) is 64.2 Å². The summed E-state index contributed by atoms with van der Waals surface area (Å²) in [5.74, 6) is 0.259.